The molecule has 2 heterocycles. The highest BCUT2D eigenvalue weighted by Gasteiger charge is 2.19. The number of amides is 1. The van der Waals surface area contributed by atoms with Crippen LogP contribution in [0.15, 0.2) is 66.9 Å². The maximum atomic E-state index is 12.4. The molecule has 0 saturated heterocycles. The molecule has 3 aromatic rings. The number of hydrogen-bond donors (Lipinski definition) is 1. The molecule has 5 nitrogen and oxygen atoms in total. The highest BCUT2D eigenvalue weighted by atomic mass is 16.1. The molecular weight excluding hydrogens is 336 g/mol. The molecule has 0 radical (unpaired) electrons. The SMILES string of the molecule is N#Cc1ccc(NC(=O)c2ccc(N3CCCc4ccccc43)nc2)cc1. The predicted octanol–water partition coefficient (Wildman–Crippen LogP) is 4.29. The van der Waals surface area contributed by atoms with E-state index < -0.39 is 0 Å². The van der Waals surface area contributed by atoms with Gasteiger partial charge in [-0.15, -0.1) is 0 Å². The first-order valence-electron chi connectivity index (χ1n) is 8.87. The fourth-order valence-corrected chi connectivity index (χ4v) is 3.28. The maximum absolute atomic E-state index is 12.4. The standard InChI is InChI=1S/C22H18N4O/c23-14-16-7-10-19(11-8-16)25-22(27)18-9-12-21(24-15-18)26-13-3-5-17-4-1-2-6-20(17)26/h1-2,4,6-12,15H,3,5,13H2,(H,25,27). The summed E-state index contributed by atoms with van der Waals surface area (Å²) in [7, 11) is 0. The molecule has 1 aliphatic rings. The molecule has 2 aromatic carbocycles. The van der Waals surface area contributed by atoms with Gasteiger partial charge < -0.3 is 10.2 Å². The number of benzene rings is 2. The normalized spacial score (nSPS) is 12.8. The Bertz CT molecular complexity index is 1000. The Morgan fingerprint density at radius 2 is 1.89 bits per heavy atom. The third kappa shape index (κ3) is 3.51. The van der Waals surface area contributed by atoms with E-state index >= 15 is 0 Å². The third-order valence-electron chi connectivity index (χ3n) is 4.67. The molecule has 0 aliphatic carbocycles. The lowest BCUT2D eigenvalue weighted by atomic mass is 10.0. The molecule has 1 N–H and O–H groups in total. The van der Waals surface area contributed by atoms with Gasteiger partial charge >= 0.3 is 0 Å². The van der Waals surface area contributed by atoms with Crippen LogP contribution in [-0.2, 0) is 6.42 Å². The topological polar surface area (TPSA) is 69.0 Å². The zero-order valence-electron chi connectivity index (χ0n) is 14.7. The van der Waals surface area contributed by atoms with Crippen molar-refractivity contribution in [2.75, 3.05) is 16.8 Å². The second-order valence-corrected chi connectivity index (χ2v) is 6.43. The number of carbonyl (C=O) groups excluding carboxylic acids is 1. The Kier molecular flexibility index (Phi) is 4.54. The second kappa shape index (κ2) is 7.30. The minimum Gasteiger partial charge on any atom is -0.326 e. The van der Waals surface area contributed by atoms with E-state index in [1.54, 1.807) is 36.5 Å². The van der Waals surface area contributed by atoms with Crippen LogP contribution < -0.4 is 10.2 Å². The van der Waals surface area contributed by atoms with Crippen LogP contribution in [-0.4, -0.2) is 17.4 Å². The van der Waals surface area contributed by atoms with Crippen molar-refractivity contribution in [2.45, 2.75) is 12.8 Å². The molecule has 132 valence electrons. The summed E-state index contributed by atoms with van der Waals surface area (Å²) in [5, 5.41) is 11.7. The van der Waals surface area contributed by atoms with Crippen molar-refractivity contribution in [1.29, 1.82) is 5.26 Å². The van der Waals surface area contributed by atoms with E-state index in [1.165, 1.54) is 11.3 Å². The van der Waals surface area contributed by atoms with E-state index in [-0.39, 0.29) is 5.91 Å². The van der Waals surface area contributed by atoms with Crippen LogP contribution in [0.4, 0.5) is 17.2 Å². The van der Waals surface area contributed by atoms with E-state index in [0.717, 1.165) is 25.2 Å². The Hall–Kier alpha value is -3.65. The van der Waals surface area contributed by atoms with Gasteiger partial charge in [0.25, 0.3) is 5.91 Å². The van der Waals surface area contributed by atoms with Crippen LogP contribution in [0, 0.1) is 11.3 Å². The Labute approximate surface area is 157 Å². The summed E-state index contributed by atoms with van der Waals surface area (Å²) in [4.78, 5) is 19.1. The Morgan fingerprint density at radius 3 is 2.63 bits per heavy atom. The minimum absolute atomic E-state index is 0.224. The quantitative estimate of drug-likeness (QED) is 0.762. The molecule has 0 unspecified atom stereocenters. The number of fused-ring (bicyclic) bond motifs is 1. The predicted molar refractivity (Wildman–Crippen MR) is 105 cm³/mol. The number of nitriles is 1. The first kappa shape index (κ1) is 16.8. The van der Waals surface area contributed by atoms with Crippen molar-refractivity contribution in [2.24, 2.45) is 0 Å². The molecule has 1 aliphatic heterocycles. The van der Waals surface area contributed by atoms with Gasteiger partial charge in [-0.3, -0.25) is 4.79 Å². The molecule has 5 heteroatoms. The van der Waals surface area contributed by atoms with Gasteiger partial charge in [0.15, 0.2) is 0 Å². The third-order valence-corrected chi connectivity index (χ3v) is 4.67. The molecule has 0 bridgehead atoms. The number of nitrogens with one attached hydrogen (secondary N) is 1. The maximum Gasteiger partial charge on any atom is 0.257 e. The molecule has 1 aromatic heterocycles. The molecule has 1 amide bonds. The van der Waals surface area contributed by atoms with Gasteiger partial charge in [-0.25, -0.2) is 4.98 Å². The molecule has 0 atom stereocenters. The van der Waals surface area contributed by atoms with Crippen LogP contribution in [0.2, 0.25) is 0 Å². The van der Waals surface area contributed by atoms with Gasteiger partial charge in [-0.2, -0.15) is 5.26 Å². The fourth-order valence-electron chi connectivity index (χ4n) is 3.28. The van der Waals surface area contributed by atoms with E-state index in [1.807, 2.05) is 12.1 Å². The minimum atomic E-state index is -0.224. The van der Waals surface area contributed by atoms with Crippen LogP contribution in [0.3, 0.4) is 0 Å². The average Bonchev–Trinajstić information content (AvgIpc) is 2.74. The van der Waals surface area contributed by atoms with Crippen LogP contribution in [0.1, 0.15) is 27.9 Å². The van der Waals surface area contributed by atoms with Crippen molar-refractivity contribution in [3.05, 3.63) is 83.6 Å². The van der Waals surface area contributed by atoms with E-state index in [0.29, 0.717) is 16.8 Å². The van der Waals surface area contributed by atoms with Crippen molar-refractivity contribution >= 4 is 23.1 Å². The molecular formula is C22H18N4O. The molecule has 27 heavy (non-hydrogen) atoms. The van der Waals surface area contributed by atoms with Gasteiger partial charge in [-0.1, -0.05) is 18.2 Å². The Morgan fingerprint density at radius 1 is 1.07 bits per heavy atom. The zero-order valence-corrected chi connectivity index (χ0v) is 14.7. The second-order valence-electron chi connectivity index (χ2n) is 6.43. The van der Waals surface area contributed by atoms with Gasteiger partial charge in [-0.05, 0) is 60.9 Å². The lowest BCUT2D eigenvalue weighted by Gasteiger charge is -2.30. The zero-order chi connectivity index (χ0) is 18.6. The number of aromatic nitrogens is 1. The van der Waals surface area contributed by atoms with E-state index in [2.05, 4.69) is 39.5 Å². The summed E-state index contributed by atoms with van der Waals surface area (Å²) in [6.07, 6.45) is 3.77. The number of pyridine rings is 1. The summed E-state index contributed by atoms with van der Waals surface area (Å²) in [6.45, 7) is 0.917. The average molecular weight is 354 g/mol. The van der Waals surface area contributed by atoms with Crippen LogP contribution in [0.5, 0.6) is 0 Å². The number of hydrogen-bond acceptors (Lipinski definition) is 4. The van der Waals surface area contributed by atoms with Gasteiger partial charge in [0, 0.05) is 24.1 Å². The number of rotatable bonds is 3. The van der Waals surface area contributed by atoms with Crippen molar-refractivity contribution in [3.8, 4) is 6.07 Å². The number of aryl methyl sites for hydroxylation is 1. The van der Waals surface area contributed by atoms with E-state index in [9.17, 15) is 4.79 Å². The molecule has 0 saturated carbocycles. The van der Waals surface area contributed by atoms with Gasteiger partial charge in [0.2, 0.25) is 0 Å². The largest absolute Gasteiger partial charge is 0.326 e. The van der Waals surface area contributed by atoms with Crippen molar-refractivity contribution in [1.82, 2.24) is 4.98 Å². The van der Waals surface area contributed by atoms with E-state index in [4.69, 9.17) is 5.26 Å². The summed E-state index contributed by atoms with van der Waals surface area (Å²) >= 11 is 0. The molecule has 4 rings (SSSR count). The molecule has 0 spiro atoms. The first-order chi connectivity index (χ1) is 13.2. The summed E-state index contributed by atoms with van der Waals surface area (Å²) in [5.41, 5.74) is 4.21. The van der Waals surface area contributed by atoms with Gasteiger partial charge in [0.1, 0.15) is 5.82 Å². The lowest BCUT2D eigenvalue weighted by Crippen LogP contribution is -2.25. The summed E-state index contributed by atoms with van der Waals surface area (Å²) in [6, 6.07) is 20.9. The number of nitrogens with zero attached hydrogens (tertiary/aromatic N) is 3. The van der Waals surface area contributed by atoms with Crippen LogP contribution in [0.25, 0.3) is 0 Å². The van der Waals surface area contributed by atoms with Crippen molar-refractivity contribution < 1.29 is 4.79 Å². The molecule has 0 fully saturated rings. The monoisotopic (exact) mass is 354 g/mol. The smallest absolute Gasteiger partial charge is 0.257 e. The number of anilines is 3. The summed E-state index contributed by atoms with van der Waals surface area (Å²) in [5.74, 6) is 0.620. The van der Waals surface area contributed by atoms with Crippen LogP contribution >= 0.6 is 0 Å². The fraction of sp³-hybridized carbons (Fsp3) is 0.136. The highest BCUT2D eigenvalue weighted by molar-refractivity contribution is 6.04. The van der Waals surface area contributed by atoms with Gasteiger partial charge in [0.05, 0.1) is 17.2 Å². The Balaban J connectivity index is 1.51. The van der Waals surface area contributed by atoms with Crippen molar-refractivity contribution in [3.63, 3.8) is 0 Å². The highest BCUT2D eigenvalue weighted by Crippen LogP contribution is 2.32. The lowest BCUT2D eigenvalue weighted by molar-refractivity contribution is 0.102. The first-order valence-corrected chi connectivity index (χ1v) is 8.87. The summed E-state index contributed by atoms with van der Waals surface area (Å²) < 4.78 is 0. The number of carbonyl (C=O) groups is 1. The number of para-hydroxylation sites is 1.